The van der Waals surface area contributed by atoms with E-state index in [0.717, 1.165) is 5.69 Å². The lowest BCUT2D eigenvalue weighted by molar-refractivity contribution is 0.0715. The summed E-state index contributed by atoms with van der Waals surface area (Å²) in [6.07, 6.45) is 0. The Morgan fingerprint density at radius 2 is 2.06 bits per heavy atom. The first-order valence-electron chi connectivity index (χ1n) is 5.91. The summed E-state index contributed by atoms with van der Waals surface area (Å²) in [5.41, 5.74) is 0.212. The third kappa shape index (κ3) is 3.08. The van der Waals surface area contributed by atoms with E-state index in [1.807, 2.05) is 13.8 Å². The maximum atomic E-state index is 12.0. The van der Waals surface area contributed by atoms with Gasteiger partial charge < -0.3 is 15.5 Å². The van der Waals surface area contributed by atoms with E-state index < -0.39 is 5.54 Å². The number of nitrogens with zero attached hydrogens (tertiary/aromatic N) is 2. The number of hydrogen-bond donors (Lipinski definition) is 3. The third-order valence-corrected chi connectivity index (χ3v) is 2.84. The second-order valence-electron chi connectivity index (χ2n) is 5.06. The molecule has 0 radical (unpaired) electrons. The molecule has 1 amide bonds. The van der Waals surface area contributed by atoms with Gasteiger partial charge >= 0.3 is 0 Å². The molecule has 0 unspecified atom stereocenters. The van der Waals surface area contributed by atoms with E-state index in [-0.39, 0.29) is 25.0 Å². The number of aryl methyl sites for hydroxylation is 1. The molecule has 1 rings (SSSR count). The number of hydrogen-bond acceptors (Lipinski definition) is 4. The van der Waals surface area contributed by atoms with Gasteiger partial charge in [0.1, 0.15) is 5.69 Å². The molecule has 0 saturated carbocycles. The quantitative estimate of drug-likeness (QED) is 0.692. The molecule has 3 N–H and O–H groups in total. The normalized spacial score (nSPS) is 11.9. The molecule has 1 heterocycles. The monoisotopic (exact) mass is 255 g/mol. The van der Waals surface area contributed by atoms with Gasteiger partial charge in [-0.2, -0.15) is 5.10 Å². The SMILES string of the molecule is CC(C)c1cc(C(=O)NC(C)(CO)CO)n(C)n1. The number of amides is 1. The van der Waals surface area contributed by atoms with Crippen LogP contribution in [-0.4, -0.2) is 44.7 Å². The van der Waals surface area contributed by atoms with Crippen molar-refractivity contribution in [2.45, 2.75) is 32.2 Å². The summed E-state index contributed by atoms with van der Waals surface area (Å²) < 4.78 is 1.50. The van der Waals surface area contributed by atoms with Gasteiger partial charge in [-0.1, -0.05) is 13.8 Å². The summed E-state index contributed by atoms with van der Waals surface area (Å²) in [4.78, 5) is 12.0. The highest BCUT2D eigenvalue weighted by Crippen LogP contribution is 2.14. The molecule has 102 valence electrons. The summed E-state index contributed by atoms with van der Waals surface area (Å²) in [6.45, 7) is 4.91. The fraction of sp³-hybridized carbons (Fsp3) is 0.667. The lowest BCUT2D eigenvalue weighted by Crippen LogP contribution is -2.52. The van der Waals surface area contributed by atoms with Crippen LogP contribution >= 0.6 is 0 Å². The smallest absolute Gasteiger partial charge is 0.270 e. The lowest BCUT2D eigenvalue weighted by atomic mass is 10.1. The first-order valence-corrected chi connectivity index (χ1v) is 5.91. The fourth-order valence-corrected chi connectivity index (χ4v) is 1.45. The Labute approximate surface area is 107 Å². The van der Waals surface area contributed by atoms with Gasteiger partial charge in [-0.25, -0.2) is 0 Å². The molecule has 0 spiro atoms. The van der Waals surface area contributed by atoms with Crippen molar-refractivity contribution in [1.29, 1.82) is 0 Å². The van der Waals surface area contributed by atoms with Crippen molar-refractivity contribution < 1.29 is 15.0 Å². The highest BCUT2D eigenvalue weighted by atomic mass is 16.3. The number of aromatic nitrogens is 2. The van der Waals surface area contributed by atoms with Crippen LogP contribution < -0.4 is 5.32 Å². The summed E-state index contributed by atoms with van der Waals surface area (Å²) in [6, 6.07) is 1.72. The largest absolute Gasteiger partial charge is 0.394 e. The van der Waals surface area contributed by atoms with E-state index >= 15 is 0 Å². The van der Waals surface area contributed by atoms with Gasteiger partial charge in [0.15, 0.2) is 0 Å². The van der Waals surface area contributed by atoms with Gasteiger partial charge in [0, 0.05) is 7.05 Å². The van der Waals surface area contributed by atoms with Crippen LogP contribution in [0.2, 0.25) is 0 Å². The molecule has 0 fully saturated rings. The molecule has 1 aromatic heterocycles. The van der Waals surface area contributed by atoms with Crippen molar-refractivity contribution >= 4 is 5.91 Å². The van der Waals surface area contributed by atoms with Crippen LogP contribution in [0.1, 0.15) is 42.9 Å². The maximum absolute atomic E-state index is 12.0. The van der Waals surface area contributed by atoms with Crippen LogP contribution in [0.15, 0.2) is 6.07 Å². The second-order valence-corrected chi connectivity index (χ2v) is 5.06. The Kier molecular flexibility index (Phi) is 4.48. The molecule has 0 aromatic carbocycles. The minimum atomic E-state index is -1.03. The van der Waals surface area contributed by atoms with Crippen molar-refractivity contribution in [3.8, 4) is 0 Å². The average molecular weight is 255 g/mol. The Morgan fingerprint density at radius 3 is 2.44 bits per heavy atom. The van der Waals surface area contributed by atoms with Crippen molar-refractivity contribution in [3.05, 3.63) is 17.5 Å². The van der Waals surface area contributed by atoms with E-state index in [0.29, 0.717) is 5.69 Å². The number of carbonyl (C=O) groups excluding carboxylic acids is 1. The zero-order chi connectivity index (χ0) is 13.9. The molecule has 0 aliphatic heterocycles. The molecule has 18 heavy (non-hydrogen) atoms. The van der Waals surface area contributed by atoms with Crippen LogP contribution in [0.4, 0.5) is 0 Å². The molecule has 0 saturated heterocycles. The predicted octanol–water partition coefficient (Wildman–Crippen LogP) is 0.0166. The summed E-state index contributed by atoms with van der Waals surface area (Å²) in [5, 5.41) is 25.1. The van der Waals surface area contributed by atoms with Crippen LogP contribution in [0.25, 0.3) is 0 Å². The number of carbonyl (C=O) groups is 1. The number of rotatable bonds is 5. The van der Waals surface area contributed by atoms with Gasteiger partial charge in [0.05, 0.1) is 24.4 Å². The van der Waals surface area contributed by atoms with Gasteiger partial charge in [0.2, 0.25) is 0 Å². The Balaban J connectivity index is 2.91. The highest BCUT2D eigenvalue weighted by Gasteiger charge is 2.26. The Morgan fingerprint density at radius 1 is 1.50 bits per heavy atom. The molecule has 0 aliphatic rings. The molecule has 0 bridgehead atoms. The van der Waals surface area contributed by atoms with Crippen LogP contribution in [-0.2, 0) is 7.05 Å². The first-order chi connectivity index (χ1) is 8.33. The van der Waals surface area contributed by atoms with E-state index in [4.69, 9.17) is 10.2 Å². The topological polar surface area (TPSA) is 87.4 Å². The van der Waals surface area contributed by atoms with Gasteiger partial charge in [0.25, 0.3) is 5.91 Å². The maximum Gasteiger partial charge on any atom is 0.270 e. The second kappa shape index (κ2) is 5.49. The van der Waals surface area contributed by atoms with Crippen molar-refractivity contribution in [3.63, 3.8) is 0 Å². The van der Waals surface area contributed by atoms with Crippen molar-refractivity contribution in [2.24, 2.45) is 7.05 Å². The van der Waals surface area contributed by atoms with E-state index in [9.17, 15) is 4.79 Å². The van der Waals surface area contributed by atoms with Crippen LogP contribution in [0.3, 0.4) is 0 Å². The minimum Gasteiger partial charge on any atom is -0.394 e. The minimum absolute atomic E-state index is 0.236. The average Bonchev–Trinajstić information content (AvgIpc) is 2.71. The standard InChI is InChI=1S/C12H21N3O3/c1-8(2)9-5-10(15(4)14-9)11(18)13-12(3,6-16)7-17/h5,8,16-17H,6-7H2,1-4H3,(H,13,18). The van der Waals surface area contributed by atoms with E-state index in [2.05, 4.69) is 10.4 Å². The molecule has 0 aliphatic carbocycles. The van der Waals surface area contributed by atoms with Crippen molar-refractivity contribution in [2.75, 3.05) is 13.2 Å². The van der Waals surface area contributed by atoms with Gasteiger partial charge in [-0.3, -0.25) is 9.48 Å². The first kappa shape index (κ1) is 14.7. The van der Waals surface area contributed by atoms with E-state index in [1.54, 1.807) is 20.0 Å². The third-order valence-electron chi connectivity index (χ3n) is 2.84. The number of aliphatic hydroxyl groups is 2. The van der Waals surface area contributed by atoms with Crippen molar-refractivity contribution in [1.82, 2.24) is 15.1 Å². The lowest BCUT2D eigenvalue weighted by Gasteiger charge is -2.25. The molecular formula is C12H21N3O3. The molecule has 6 heteroatoms. The van der Waals surface area contributed by atoms with Gasteiger partial charge in [-0.05, 0) is 18.9 Å². The number of aliphatic hydroxyl groups excluding tert-OH is 2. The Hall–Kier alpha value is -1.40. The zero-order valence-electron chi connectivity index (χ0n) is 11.3. The molecule has 1 aromatic rings. The molecule has 0 atom stereocenters. The van der Waals surface area contributed by atoms with Crippen LogP contribution in [0, 0.1) is 0 Å². The summed E-state index contributed by atoms with van der Waals surface area (Å²) in [5.74, 6) is -0.123. The molecule has 6 nitrogen and oxygen atoms in total. The van der Waals surface area contributed by atoms with Gasteiger partial charge in [-0.15, -0.1) is 0 Å². The fourth-order valence-electron chi connectivity index (χ4n) is 1.45. The zero-order valence-corrected chi connectivity index (χ0v) is 11.3. The molecular weight excluding hydrogens is 234 g/mol. The Bertz CT molecular complexity index is 422. The summed E-state index contributed by atoms with van der Waals surface area (Å²) in [7, 11) is 1.69. The van der Waals surface area contributed by atoms with Crippen LogP contribution in [0.5, 0.6) is 0 Å². The predicted molar refractivity (Wildman–Crippen MR) is 67.3 cm³/mol. The number of nitrogens with one attached hydrogen (secondary N) is 1. The highest BCUT2D eigenvalue weighted by molar-refractivity contribution is 5.93. The van der Waals surface area contributed by atoms with E-state index in [1.165, 1.54) is 4.68 Å². The summed E-state index contributed by atoms with van der Waals surface area (Å²) >= 11 is 0.